The first-order chi connectivity index (χ1) is 21.8. The zero-order valence-electron chi connectivity index (χ0n) is 26.2. The lowest BCUT2D eigenvalue weighted by atomic mass is 9.98. The Hall–Kier alpha value is -4.08. The predicted molar refractivity (Wildman–Crippen MR) is 172 cm³/mol. The number of rotatable bonds is 14. The van der Waals surface area contributed by atoms with Gasteiger partial charge >= 0.3 is 5.97 Å². The minimum atomic E-state index is -0.571. The second-order valence-corrected chi connectivity index (χ2v) is 12.1. The second kappa shape index (κ2) is 15.8. The van der Waals surface area contributed by atoms with Crippen LogP contribution >= 0.6 is 0 Å². The monoisotopic (exact) mass is 610 g/mol. The van der Waals surface area contributed by atoms with Gasteiger partial charge in [-0.2, -0.15) is 0 Å². The Morgan fingerprint density at radius 2 is 1.38 bits per heavy atom. The molecular weight excluding hydrogens is 568 g/mol. The van der Waals surface area contributed by atoms with E-state index in [0.29, 0.717) is 32.1 Å². The van der Waals surface area contributed by atoms with E-state index < -0.39 is 17.6 Å². The lowest BCUT2D eigenvalue weighted by molar-refractivity contribution is -0.156. The molecule has 0 unspecified atom stereocenters. The normalized spacial score (nSPS) is 20.1. The van der Waals surface area contributed by atoms with Gasteiger partial charge in [-0.15, -0.1) is 0 Å². The molecule has 0 bridgehead atoms. The number of ether oxygens (including phenoxy) is 5. The van der Waals surface area contributed by atoms with Crippen LogP contribution in [0.15, 0.2) is 110 Å². The molecule has 0 aliphatic carbocycles. The van der Waals surface area contributed by atoms with E-state index in [4.69, 9.17) is 23.7 Å². The highest BCUT2D eigenvalue weighted by atomic mass is 16.6. The van der Waals surface area contributed by atoms with Gasteiger partial charge in [0.2, 0.25) is 0 Å². The molecule has 236 valence electrons. The van der Waals surface area contributed by atoms with Crippen LogP contribution in [-0.4, -0.2) is 46.5 Å². The van der Waals surface area contributed by atoms with E-state index in [0.717, 1.165) is 16.7 Å². The predicted octanol–water partition coefficient (Wildman–Crippen LogP) is 6.60. The van der Waals surface area contributed by atoms with Crippen molar-refractivity contribution >= 4 is 12.0 Å². The van der Waals surface area contributed by atoms with E-state index in [1.165, 1.54) is 0 Å². The van der Waals surface area contributed by atoms with Crippen LogP contribution in [-0.2, 0) is 55.0 Å². The summed E-state index contributed by atoms with van der Waals surface area (Å²) in [6.45, 7) is 7.22. The zero-order valence-corrected chi connectivity index (χ0v) is 26.2. The molecule has 0 saturated carbocycles. The molecule has 8 nitrogen and oxygen atoms in total. The average molecular weight is 611 g/mol. The molecule has 1 aromatic heterocycles. The van der Waals surface area contributed by atoms with E-state index in [2.05, 4.69) is 4.98 Å². The number of benzene rings is 3. The number of carbonyl (C=O) groups is 1. The number of nitrogens with zero attached hydrogens (tertiary/aromatic N) is 2. The van der Waals surface area contributed by atoms with Gasteiger partial charge < -0.3 is 28.3 Å². The number of imidazole rings is 1. The highest BCUT2D eigenvalue weighted by Gasteiger charge is 2.45. The Labute approximate surface area is 265 Å². The van der Waals surface area contributed by atoms with Crippen LogP contribution in [0, 0.1) is 5.41 Å². The molecule has 3 aromatic carbocycles. The summed E-state index contributed by atoms with van der Waals surface area (Å²) < 4.78 is 33.0. The highest BCUT2D eigenvalue weighted by Crippen LogP contribution is 2.30. The van der Waals surface area contributed by atoms with Crippen LogP contribution in [0.5, 0.6) is 0 Å². The largest absolute Gasteiger partial charge is 0.443 e. The van der Waals surface area contributed by atoms with Gasteiger partial charge in [-0.05, 0) is 43.5 Å². The molecule has 4 aromatic rings. The van der Waals surface area contributed by atoms with E-state index in [-0.39, 0.29) is 24.9 Å². The van der Waals surface area contributed by atoms with Crippen molar-refractivity contribution in [2.24, 2.45) is 5.41 Å². The maximum absolute atomic E-state index is 12.2. The molecule has 0 radical (unpaired) electrons. The first-order valence-electron chi connectivity index (χ1n) is 15.3. The number of hydrogen-bond acceptors (Lipinski definition) is 7. The molecule has 1 fully saturated rings. The fraction of sp³-hybridized carbons (Fsp3) is 0.351. The standard InChI is InChI=1S/C37H42N2O6/c1-37(2,3)36(40)44-27-39-21-31(38-26-39)19-20-32-34(42-23-29-15-9-5-10-16-29)35(43-24-30-17-11-6-12-18-30)33(45-32)25-41-22-28-13-7-4-8-14-28/h4-21,26,32-35H,22-25,27H2,1-3H3/b20-19-/t32-,33+,34-,35+/m0/s1. The fourth-order valence-corrected chi connectivity index (χ4v) is 4.91. The van der Waals surface area contributed by atoms with Crippen LogP contribution in [0.1, 0.15) is 43.2 Å². The first kappa shape index (κ1) is 32.3. The van der Waals surface area contributed by atoms with Crippen LogP contribution < -0.4 is 0 Å². The van der Waals surface area contributed by atoms with Gasteiger partial charge in [-0.25, -0.2) is 4.98 Å². The first-order valence-corrected chi connectivity index (χ1v) is 15.3. The third kappa shape index (κ3) is 9.70. The topological polar surface area (TPSA) is 81.0 Å². The molecule has 0 N–H and O–H groups in total. The van der Waals surface area contributed by atoms with E-state index >= 15 is 0 Å². The van der Waals surface area contributed by atoms with Gasteiger partial charge in [0.05, 0.1) is 43.9 Å². The van der Waals surface area contributed by atoms with Gasteiger partial charge in [-0.1, -0.05) is 97.1 Å². The highest BCUT2D eigenvalue weighted by molar-refractivity contribution is 5.75. The number of hydrogen-bond donors (Lipinski definition) is 0. The lowest BCUT2D eigenvalue weighted by Gasteiger charge is -2.24. The minimum Gasteiger partial charge on any atom is -0.443 e. The SMILES string of the molecule is CC(C)(C)C(=O)OCn1cnc(/C=C\[C@@H]2O[C@H](COCc3ccccc3)[C@@H](OCc3ccccc3)[C@H]2OCc2ccccc2)c1. The third-order valence-electron chi connectivity index (χ3n) is 7.38. The van der Waals surface area contributed by atoms with Crippen LogP contribution in [0.4, 0.5) is 0 Å². The molecule has 4 atom stereocenters. The molecule has 1 aliphatic rings. The minimum absolute atomic E-state index is 0.0932. The van der Waals surface area contributed by atoms with Gasteiger partial charge in [0, 0.05) is 6.20 Å². The number of carbonyl (C=O) groups excluding carboxylic acids is 1. The summed E-state index contributed by atoms with van der Waals surface area (Å²) in [4.78, 5) is 16.6. The third-order valence-corrected chi connectivity index (χ3v) is 7.38. The van der Waals surface area contributed by atoms with Crippen molar-refractivity contribution in [1.29, 1.82) is 0 Å². The Morgan fingerprint density at radius 1 is 0.822 bits per heavy atom. The average Bonchev–Trinajstić information content (AvgIpc) is 3.65. The summed E-state index contributed by atoms with van der Waals surface area (Å²) in [6.07, 6.45) is 5.77. The Morgan fingerprint density at radius 3 is 1.96 bits per heavy atom. The Bertz CT molecular complexity index is 1480. The maximum Gasteiger partial charge on any atom is 0.312 e. The quantitative estimate of drug-likeness (QED) is 0.149. The summed E-state index contributed by atoms with van der Waals surface area (Å²) >= 11 is 0. The zero-order chi connectivity index (χ0) is 31.5. The molecule has 2 heterocycles. The second-order valence-electron chi connectivity index (χ2n) is 12.1. The molecule has 5 rings (SSSR count). The Balaban J connectivity index is 1.32. The smallest absolute Gasteiger partial charge is 0.312 e. The summed E-state index contributed by atoms with van der Waals surface area (Å²) in [5.74, 6) is -0.270. The summed E-state index contributed by atoms with van der Waals surface area (Å²) in [5.41, 5.74) is 3.36. The lowest BCUT2D eigenvalue weighted by Crippen LogP contribution is -2.38. The molecule has 0 amide bonds. The van der Waals surface area contributed by atoms with Crippen molar-refractivity contribution in [3.8, 4) is 0 Å². The van der Waals surface area contributed by atoms with E-state index in [1.807, 2.05) is 130 Å². The summed E-state index contributed by atoms with van der Waals surface area (Å²) in [5, 5.41) is 0. The van der Waals surface area contributed by atoms with Crippen molar-refractivity contribution < 1.29 is 28.5 Å². The molecular formula is C37H42N2O6. The summed E-state index contributed by atoms with van der Waals surface area (Å²) in [7, 11) is 0. The fourth-order valence-electron chi connectivity index (χ4n) is 4.91. The van der Waals surface area contributed by atoms with Gasteiger partial charge in [0.25, 0.3) is 0 Å². The van der Waals surface area contributed by atoms with E-state index in [1.54, 1.807) is 10.9 Å². The van der Waals surface area contributed by atoms with Crippen molar-refractivity contribution in [3.63, 3.8) is 0 Å². The maximum atomic E-state index is 12.2. The van der Waals surface area contributed by atoms with Crippen molar-refractivity contribution in [2.45, 2.75) is 71.7 Å². The molecule has 45 heavy (non-hydrogen) atoms. The molecule has 1 aliphatic heterocycles. The molecule has 8 heteroatoms. The Kier molecular flexibility index (Phi) is 11.3. The van der Waals surface area contributed by atoms with Crippen molar-refractivity contribution in [3.05, 3.63) is 132 Å². The van der Waals surface area contributed by atoms with Crippen LogP contribution in [0.2, 0.25) is 0 Å². The van der Waals surface area contributed by atoms with E-state index in [9.17, 15) is 4.79 Å². The number of aromatic nitrogens is 2. The summed E-state index contributed by atoms with van der Waals surface area (Å²) in [6, 6.07) is 30.2. The van der Waals surface area contributed by atoms with Gasteiger partial charge in [0.15, 0.2) is 6.73 Å². The number of esters is 1. The van der Waals surface area contributed by atoms with Crippen molar-refractivity contribution in [2.75, 3.05) is 6.61 Å². The van der Waals surface area contributed by atoms with Gasteiger partial charge in [0.1, 0.15) is 24.4 Å². The van der Waals surface area contributed by atoms with Crippen LogP contribution in [0.3, 0.4) is 0 Å². The molecule has 0 spiro atoms. The van der Waals surface area contributed by atoms with Gasteiger partial charge in [-0.3, -0.25) is 4.79 Å². The van der Waals surface area contributed by atoms with Crippen LogP contribution in [0.25, 0.3) is 6.08 Å². The van der Waals surface area contributed by atoms with Crippen molar-refractivity contribution in [1.82, 2.24) is 9.55 Å². The molecule has 1 saturated heterocycles.